The first-order chi connectivity index (χ1) is 12.8. The average molecular weight is 388 g/mol. The summed E-state index contributed by atoms with van der Waals surface area (Å²) in [5.74, 6) is 0.0233. The van der Waals surface area contributed by atoms with E-state index in [0.29, 0.717) is 11.5 Å². The van der Waals surface area contributed by atoms with Crippen molar-refractivity contribution >= 4 is 15.9 Å². The number of carbonyl (C=O) groups is 1. The normalized spacial score (nSPS) is 24.8. The third-order valence-corrected chi connectivity index (χ3v) is 6.67. The van der Waals surface area contributed by atoms with Crippen LogP contribution in [-0.2, 0) is 10.0 Å². The van der Waals surface area contributed by atoms with E-state index in [1.165, 1.54) is 36.4 Å². The van der Waals surface area contributed by atoms with Gasteiger partial charge in [0.1, 0.15) is 5.82 Å². The molecule has 27 heavy (non-hydrogen) atoms. The van der Waals surface area contributed by atoms with Gasteiger partial charge >= 0.3 is 0 Å². The number of fused-ring (bicyclic) bond motifs is 2. The minimum Gasteiger partial charge on any atom is -0.333 e. The molecule has 0 spiro atoms. The Morgan fingerprint density at radius 2 is 1.52 bits per heavy atom. The van der Waals surface area contributed by atoms with E-state index in [4.69, 9.17) is 5.14 Å². The number of piperidine rings is 1. The van der Waals surface area contributed by atoms with Gasteiger partial charge in [-0.25, -0.2) is 17.9 Å². The number of primary sulfonamides is 1. The van der Waals surface area contributed by atoms with Gasteiger partial charge in [0.05, 0.1) is 4.90 Å². The summed E-state index contributed by atoms with van der Waals surface area (Å²) in [5, 5.41) is 5.11. The molecule has 0 aliphatic carbocycles. The molecule has 2 aromatic rings. The van der Waals surface area contributed by atoms with E-state index in [1.807, 2.05) is 17.0 Å². The molecule has 2 saturated heterocycles. The maximum Gasteiger partial charge on any atom is 0.254 e. The lowest BCUT2D eigenvalue weighted by Crippen LogP contribution is -2.46. The number of rotatable bonds is 3. The van der Waals surface area contributed by atoms with Crippen molar-refractivity contribution in [3.63, 3.8) is 0 Å². The van der Waals surface area contributed by atoms with Gasteiger partial charge in [0, 0.05) is 17.6 Å². The number of nitrogens with zero attached hydrogens (tertiary/aromatic N) is 1. The molecule has 2 N–H and O–H groups in total. The molecule has 5 nitrogen and oxygen atoms in total. The van der Waals surface area contributed by atoms with Crippen molar-refractivity contribution in [3.8, 4) is 0 Å². The number of amides is 1. The molecular formula is C20H21FN2O3S. The predicted octanol–water partition coefficient (Wildman–Crippen LogP) is 3.02. The van der Waals surface area contributed by atoms with E-state index >= 15 is 0 Å². The smallest absolute Gasteiger partial charge is 0.254 e. The van der Waals surface area contributed by atoms with Crippen LogP contribution in [0.5, 0.6) is 0 Å². The second kappa shape index (κ2) is 6.73. The monoisotopic (exact) mass is 388 g/mol. The van der Waals surface area contributed by atoms with E-state index in [2.05, 4.69) is 0 Å². The Hall–Kier alpha value is -2.25. The first-order valence-electron chi connectivity index (χ1n) is 9.04. The Labute approximate surface area is 158 Å². The number of nitrogens with two attached hydrogens (primary N) is 1. The zero-order valence-corrected chi connectivity index (χ0v) is 15.5. The van der Waals surface area contributed by atoms with Gasteiger partial charge in [-0.05, 0) is 73.6 Å². The van der Waals surface area contributed by atoms with E-state index in [0.717, 1.165) is 31.2 Å². The summed E-state index contributed by atoms with van der Waals surface area (Å²) in [6.07, 6.45) is 3.65. The fraction of sp³-hybridized carbons (Fsp3) is 0.350. The zero-order valence-electron chi connectivity index (χ0n) is 14.7. The predicted molar refractivity (Wildman–Crippen MR) is 99.2 cm³/mol. The van der Waals surface area contributed by atoms with Crippen LogP contribution in [-0.4, -0.2) is 31.3 Å². The SMILES string of the molecule is NS(=O)(=O)c1ccc(C(=O)N2[C@@H]3CC[C@H]2CC(c2ccc(F)cc2)C3)cc1. The fourth-order valence-electron chi connectivity index (χ4n) is 4.45. The molecule has 2 heterocycles. The van der Waals surface area contributed by atoms with Crippen molar-refractivity contribution in [1.82, 2.24) is 4.90 Å². The van der Waals surface area contributed by atoms with Gasteiger partial charge < -0.3 is 4.90 Å². The number of carbonyl (C=O) groups excluding carboxylic acids is 1. The highest BCUT2D eigenvalue weighted by atomic mass is 32.2. The minimum absolute atomic E-state index is 0.00274. The third kappa shape index (κ3) is 3.49. The lowest BCUT2D eigenvalue weighted by molar-refractivity contribution is 0.0571. The summed E-state index contributed by atoms with van der Waals surface area (Å²) >= 11 is 0. The maximum absolute atomic E-state index is 13.2. The summed E-state index contributed by atoms with van der Waals surface area (Å²) in [7, 11) is -3.77. The number of sulfonamides is 1. The first kappa shape index (κ1) is 18.1. The molecule has 0 saturated carbocycles. The van der Waals surface area contributed by atoms with Gasteiger partial charge in [-0.3, -0.25) is 4.79 Å². The molecule has 2 bridgehead atoms. The molecular weight excluding hydrogens is 367 g/mol. The number of hydrogen-bond acceptors (Lipinski definition) is 3. The van der Waals surface area contributed by atoms with Crippen molar-refractivity contribution in [2.24, 2.45) is 5.14 Å². The van der Waals surface area contributed by atoms with Gasteiger partial charge in [-0.15, -0.1) is 0 Å². The molecule has 1 amide bonds. The second-order valence-electron chi connectivity index (χ2n) is 7.39. The van der Waals surface area contributed by atoms with Crippen LogP contribution in [0.1, 0.15) is 47.5 Å². The molecule has 0 radical (unpaired) electrons. The van der Waals surface area contributed by atoms with Crippen molar-refractivity contribution in [2.75, 3.05) is 0 Å². The van der Waals surface area contributed by atoms with Crippen LogP contribution in [0.2, 0.25) is 0 Å². The largest absolute Gasteiger partial charge is 0.333 e. The van der Waals surface area contributed by atoms with Crippen LogP contribution in [0, 0.1) is 5.82 Å². The molecule has 1 unspecified atom stereocenters. The van der Waals surface area contributed by atoms with Crippen LogP contribution in [0.15, 0.2) is 53.4 Å². The Bertz CT molecular complexity index is 944. The minimum atomic E-state index is -3.77. The molecule has 4 rings (SSSR count). The standard InChI is InChI=1S/C20H21FN2O3S/c21-16-5-1-13(2-6-16)15-11-17-7-8-18(12-15)23(17)20(24)14-3-9-19(10-4-14)27(22,25)26/h1-6,9-10,15,17-18H,7-8,11-12H2,(H2,22,25,26)/t15?,17-,18+. The number of halogens is 1. The zero-order chi connectivity index (χ0) is 19.2. The summed E-state index contributed by atoms with van der Waals surface area (Å²) in [6, 6.07) is 12.7. The maximum atomic E-state index is 13.2. The highest BCUT2D eigenvalue weighted by molar-refractivity contribution is 7.89. The average Bonchev–Trinajstić information content (AvgIpc) is 2.90. The van der Waals surface area contributed by atoms with Gasteiger partial charge in [-0.1, -0.05) is 12.1 Å². The first-order valence-corrected chi connectivity index (χ1v) is 10.6. The van der Waals surface area contributed by atoms with Crippen LogP contribution in [0.25, 0.3) is 0 Å². The van der Waals surface area contributed by atoms with E-state index in [1.54, 1.807) is 0 Å². The Balaban J connectivity index is 1.52. The van der Waals surface area contributed by atoms with E-state index in [-0.39, 0.29) is 28.7 Å². The number of hydrogen-bond donors (Lipinski definition) is 1. The van der Waals surface area contributed by atoms with Crippen LogP contribution < -0.4 is 5.14 Å². The summed E-state index contributed by atoms with van der Waals surface area (Å²) < 4.78 is 35.9. The third-order valence-electron chi connectivity index (χ3n) is 5.74. The Morgan fingerprint density at radius 1 is 0.963 bits per heavy atom. The molecule has 2 aliphatic heterocycles. The lowest BCUT2D eigenvalue weighted by atomic mass is 9.85. The number of benzene rings is 2. The topological polar surface area (TPSA) is 80.5 Å². The molecule has 0 aromatic heterocycles. The molecule has 2 aliphatic rings. The molecule has 3 atom stereocenters. The second-order valence-corrected chi connectivity index (χ2v) is 8.95. The quantitative estimate of drug-likeness (QED) is 0.878. The molecule has 142 valence electrons. The van der Waals surface area contributed by atoms with E-state index < -0.39 is 10.0 Å². The van der Waals surface area contributed by atoms with Gasteiger partial charge in [0.15, 0.2) is 0 Å². The van der Waals surface area contributed by atoms with Crippen molar-refractivity contribution < 1.29 is 17.6 Å². The van der Waals surface area contributed by atoms with Crippen LogP contribution >= 0.6 is 0 Å². The van der Waals surface area contributed by atoms with Crippen molar-refractivity contribution in [3.05, 3.63) is 65.5 Å². The van der Waals surface area contributed by atoms with Crippen LogP contribution in [0.3, 0.4) is 0 Å². The van der Waals surface area contributed by atoms with Gasteiger partial charge in [0.25, 0.3) is 5.91 Å². The molecule has 7 heteroatoms. The van der Waals surface area contributed by atoms with Crippen LogP contribution in [0.4, 0.5) is 4.39 Å². The van der Waals surface area contributed by atoms with Crippen molar-refractivity contribution in [1.29, 1.82) is 0 Å². The summed E-state index contributed by atoms with van der Waals surface area (Å²) in [6.45, 7) is 0. The molecule has 2 fully saturated rings. The summed E-state index contributed by atoms with van der Waals surface area (Å²) in [5.41, 5.74) is 1.59. The van der Waals surface area contributed by atoms with Crippen molar-refractivity contribution in [2.45, 2.75) is 48.6 Å². The molecule has 2 aromatic carbocycles. The Kier molecular flexibility index (Phi) is 4.52. The Morgan fingerprint density at radius 3 is 2.04 bits per heavy atom. The highest BCUT2D eigenvalue weighted by Gasteiger charge is 2.43. The lowest BCUT2D eigenvalue weighted by Gasteiger charge is -2.39. The van der Waals surface area contributed by atoms with Gasteiger partial charge in [-0.2, -0.15) is 0 Å². The fourth-order valence-corrected chi connectivity index (χ4v) is 4.97. The van der Waals surface area contributed by atoms with Gasteiger partial charge in [0.2, 0.25) is 10.0 Å². The summed E-state index contributed by atoms with van der Waals surface area (Å²) in [4.78, 5) is 15.0. The van der Waals surface area contributed by atoms with E-state index in [9.17, 15) is 17.6 Å². The highest BCUT2D eigenvalue weighted by Crippen LogP contribution is 2.43.